The van der Waals surface area contributed by atoms with Crippen LogP contribution in [-0.4, -0.2) is 44.2 Å². The van der Waals surface area contributed by atoms with Crippen LogP contribution in [0.15, 0.2) is 51.7 Å². The van der Waals surface area contributed by atoms with Crippen LogP contribution in [-0.2, 0) is 17.7 Å². The minimum absolute atomic E-state index is 0.0305. The van der Waals surface area contributed by atoms with Gasteiger partial charge in [0.2, 0.25) is 0 Å². The van der Waals surface area contributed by atoms with E-state index in [1.165, 1.54) is 0 Å². The van der Waals surface area contributed by atoms with E-state index in [0.717, 1.165) is 44.0 Å². The number of amides is 1. The Hall–Kier alpha value is -3.16. The van der Waals surface area contributed by atoms with E-state index < -0.39 is 11.5 Å². The molecule has 1 N–H and O–H groups in total. The number of rotatable bonds is 6. The number of benzene rings is 2. The molecule has 1 aromatic heterocycles. The second-order valence-corrected chi connectivity index (χ2v) is 7.51. The lowest BCUT2D eigenvalue weighted by Gasteiger charge is -2.26. The molecule has 1 aliphatic heterocycles. The molecule has 7 heteroatoms. The van der Waals surface area contributed by atoms with Crippen LogP contribution in [0, 0.1) is 0 Å². The molecule has 0 spiro atoms. The average molecular weight is 422 g/mol. The Bertz CT molecular complexity index is 1130. The first-order valence-electron chi connectivity index (χ1n) is 10.4. The molecule has 2 aromatic carbocycles. The largest absolute Gasteiger partial charge is 0.496 e. The Morgan fingerprint density at radius 3 is 2.55 bits per heavy atom. The minimum Gasteiger partial charge on any atom is -0.496 e. The van der Waals surface area contributed by atoms with Crippen LogP contribution >= 0.6 is 0 Å². The molecule has 3 aromatic rings. The molecule has 1 amide bonds. The van der Waals surface area contributed by atoms with Gasteiger partial charge in [0, 0.05) is 36.3 Å². The number of fused-ring (bicyclic) bond motifs is 1. The maximum absolute atomic E-state index is 12.7. The van der Waals surface area contributed by atoms with Gasteiger partial charge in [-0.15, -0.1) is 0 Å². The molecule has 31 heavy (non-hydrogen) atoms. The highest BCUT2D eigenvalue weighted by molar-refractivity contribution is 6.05. The molecule has 0 aliphatic carbocycles. The number of aryl methyl sites for hydroxylation is 1. The monoisotopic (exact) mass is 422 g/mol. The third-order valence-electron chi connectivity index (χ3n) is 5.50. The van der Waals surface area contributed by atoms with Crippen molar-refractivity contribution in [2.45, 2.75) is 19.9 Å². The van der Waals surface area contributed by atoms with Crippen molar-refractivity contribution in [2.24, 2.45) is 0 Å². The summed E-state index contributed by atoms with van der Waals surface area (Å²) in [4.78, 5) is 27.6. The fraction of sp³-hybridized carbons (Fsp3) is 0.333. The molecule has 1 fully saturated rings. The topological polar surface area (TPSA) is 81.0 Å². The maximum atomic E-state index is 12.7. The van der Waals surface area contributed by atoms with Crippen molar-refractivity contribution in [1.29, 1.82) is 0 Å². The number of nitrogens with zero attached hydrogens (tertiary/aromatic N) is 1. The van der Waals surface area contributed by atoms with Gasteiger partial charge in [0.1, 0.15) is 16.9 Å². The van der Waals surface area contributed by atoms with E-state index in [9.17, 15) is 9.59 Å². The standard InChI is InChI=1S/C24H26N2O5/c1-3-19-21(29-2)9-6-17-14-20(24(28)31-22(17)19)23(27)25-18-7-4-16(5-8-18)15-26-10-12-30-13-11-26/h4-9,14H,3,10-13,15H2,1-2H3,(H,25,27). The zero-order valence-electron chi connectivity index (χ0n) is 17.8. The SMILES string of the molecule is CCc1c(OC)ccc2cc(C(=O)Nc3ccc(CN4CCOCC4)cc3)c(=O)oc12. The van der Waals surface area contributed by atoms with E-state index in [1.54, 1.807) is 19.2 Å². The molecule has 0 atom stereocenters. The van der Waals surface area contributed by atoms with Crippen LogP contribution < -0.4 is 15.7 Å². The van der Waals surface area contributed by atoms with Crippen molar-refractivity contribution in [3.8, 4) is 5.75 Å². The van der Waals surface area contributed by atoms with Gasteiger partial charge in [-0.05, 0) is 42.3 Å². The molecule has 1 aliphatic rings. The molecular weight excluding hydrogens is 396 g/mol. The lowest BCUT2D eigenvalue weighted by atomic mass is 10.1. The van der Waals surface area contributed by atoms with Gasteiger partial charge in [-0.3, -0.25) is 9.69 Å². The van der Waals surface area contributed by atoms with Gasteiger partial charge >= 0.3 is 5.63 Å². The number of carbonyl (C=O) groups is 1. The lowest BCUT2D eigenvalue weighted by molar-refractivity contribution is 0.0342. The summed E-state index contributed by atoms with van der Waals surface area (Å²) in [6.07, 6.45) is 0.645. The van der Waals surface area contributed by atoms with Crippen LogP contribution in [0.25, 0.3) is 11.0 Å². The molecular formula is C24H26N2O5. The van der Waals surface area contributed by atoms with Crippen molar-refractivity contribution in [1.82, 2.24) is 4.90 Å². The van der Waals surface area contributed by atoms with Gasteiger partial charge < -0.3 is 19.2 Å². The molecule has 1 saturated heterocycles. The number of nitrogens with one attached hydrogen (secondary N) is 1. The Labute approximate surface area is 180 Å². The van der Waals surface area contributed by atoms with Crippen LogP contribution in [0.2, 0.25) is 0 Å². The normalized spacial score (nSPS) is 14.5. The molecule has 0 bridgehead atoms. The predicted molar refractivity (Wildman–Crippen MR) is 119 cm³/mol. The minimum atomic E-state index is -0.670. The van der Waals surface area contributed by atoms with Gasteiger partial charge in [-0.1, -0.05) is 19.1 Å². The van der Waals surface area contributed by atoms with E-state index >= 15 is 0 Å². The molecule has 0 unspecified atom stereocenters. The smallest absolute Gasteiger partial charge is 0.349 e. The van der Waals surface area contributed by atoms with Crippen molar-refractivity contribution in [2.75, 3.05) is 38.7 Å². The van der Waals surface area contributed by atoms with Crippen molar-refractivity contribution < 1.29 is 18.7 Å². The number of carbonyl (C=O) groups excluding carboxylic acids is 1. The van der Waals surface area contributed by atoms with Gasteiger partial charge in [0.15, 0.2) is 0 Å². The highest BCUT2D eigenvalue weighted by atomic mass is 16.5. The predicted octanol–water partition coefficient (Wildman–Crippen LogP) is 3.45. The zero-order valence-corrected chi connectivity index (χ0v) is 17.8. The number of anilines is 1. The Morgan fingerprint density at radius 2 is 1.87 bits per heavy atom. The van der Waals surface area contributed by atoms with E-state index in [4.69, 9.17) is 13.9 Å². The second kappa shape index (κ2) is 9.32. The van der Waals surface area contributed by atoms with Gasteiger partial charge in [0.25, 0.3) is 5.91 Å². The molecule has 2 heterocycles. The molecule has 0 radical (unpaired) electrons. The molecule has 0 saturated carbocycles. The number of hydrogen-bond donors (Lipinski definition) is 1. The molecule has 162 valence electrons. The fourth-order valence-electron chi connectivity index (χ4n) is 3.82. The summed E-state index contributed by atoms with van der Waals surface area (Å²) in [5.74, 6) is 0.165. The summed E-state index contributed by atoms with van der Waals surface area (Å²) in [6.45, 7) is 6.16. The average Bonchev–Trinajstić information content (AvgIpc) is 2.79. The van der Waals surface area contributed by atoms with E-state index in [0.29, 0.717) is 28.8 Å². The van der Waals surface area contributed by atoms with Crippen LogP contribution in [0.4, 0.5) is 5.69 Å². The quantitative estimate of drug-likeness (QED) is 0.613. The van der Waals surface area contributed by atoms with Crippen LogP contribution in [0.5, 0.6) is 5.75 Å². The Kier molecular flexibility index (Phi) is 6.34. The number of ether oxygens (including phenoxy) is 2. The highest BCUT2D eigenvalue weighted by Crippen LogP contribution is 2.28. The first kappa shape index (κ1) is 21.1. The number of methoxy groups -OCH3 is 1. The van der Waals surface area contributed by atoms with Crippen molar-refractivity contribution in [3.05, 3.63) is 69.6 Å². The second-order valence-electron chi connectivity index (χ2n) is 7.51. The van der Waals surface area contributed by atoms with E-state index in [2.05, 4.69) is 10.2 Å². The summed E-state index contributed by atoms with van der Waals surface area (Å²) in [7, 11) is 1.58. The summed E-state index contributed by atoms with van der Waals surface area (Å²) in [5.41, 5.74) is 2.34. The highest BCUT2D eigenvalue weighted by Gasteiger charge is 2.17. The summed E-state index contributed by atoms with van der Waals surface area (Å²) in [6, 6.07) is 12.8. The van der Waals surface area contributed by atoms with Gasteiger partial charge in [-0.25, -0.2) is 4.79 Å². The van der Waals surface area contributed by atoms with Crippen LogP contribution in [0.1, 0.15) is 28.4 Å². The summed E-state index contributed by atoms with van der Waals surface area (Å²) >= 11 is 0. The lowest BCUT2D eigenvalue weighted by Crippen LogP contribution is -2.35. The molecule has 7 nitrogen and oxygen atoms in total. The third-order valence-corrected chi connectivity index (χ3v) is 5.50. The number of morpholine rings is 1. The Balaban J connectivity index is 1.51. The van der Waals surface area contributed by atoms with Crippen molar-refractivity contribution in [3.63, 3.8) is 0 Å². The van der Waals surface area contributed by atoms with Gasteiger partial charge in [0.05, 0.1) is 20.3 Å². The molecule has 4 rings (SSSR count). The summed E-state index contributed by atoms with van der Waals surface area (Å²) < 4.78 is 16.2. The number of hydrogen-bond acceptors (Lipinski definition) is 6. The first-order chi connectivity index (χ1) is 15.1. The van der Waals surface area contributed by atoms with Crippen molar-refractivity contribution >= 4 is 22.6 Å². The van der Waals surface area contributed by atoms with Crippen LogP contribution in [0.3, 0.4) is 0 Å². The third kappa shape index (κ3) is 4.62. The van der Waals surface area contributed by atoms with Gasteiger partial charge in [-0.2, -0.15) is 0 Å². The Morgan fingerprint density at radius 1 is 1.13 bits per heavy atom. The fourth-order valence-corrected chi connectivity index (χ4v) is 3.82. The van der Waals surface area contributed by atoms with E-state index in [1.807, 2.05) is 37.3 Å². The van der Waals surface area contributed by atoms with E-state index in [-0.39, 0.29) is 5.56 Å². The zero-order chi connectivity index (χ0) is 21.8. The summed E-state index contributed by atoms with van der Waals surface area (Å²) in [5, 5.41) is 3.47. The maximum Gasteiger partial charge on any atom is 0.349 e. The first-order valence-corrected chi connectivity index (χ1v) is 10.4.